The van der Waals surface area contributed by atoms with Gasteiger partial charge in [0.05, 0.1) is 0 Å². The Morgan fingerprint density at radius 2 is 1.77 bits per heavy atom. The third kappa shape index (κ3) is 1.16. The molecule has 0 atom stereocenters. The van der Waals surface area contributed by atoms with Crippen LogP contribution in [0, 0.1) is 18.6 Å². The van der Waals surface area contributed by atoms with Crippen molar-refractivity contribution < 1.29 is 8.78 Å². The van der Waals surface area contributed by atoms with E-state index < -0.39 is 11.6 Å². The number of pyridine rings is 1. The van der Waals surface area contributed by atoms with Crippen molar-refractivity contribution in [3.8, 4) is 0 Å². The van der Waals surface area contributed by atoms with Crippen LogP contribution in [0.25, 0.3) is 10.8 Å². The van der Waals surface area contributed by atoms with Crippen LogP contribution in [0.15, 0.2) is 24.4 Å². The van der Waals surface area contributed by atoms with Crippen molar-refractivity contribution in [2.45, 2.75) is 6.92 Å². The predicted octanol–water partition coefficient (Wildman–Crippen LogP) is 2.82. The quantitative estimate of drug-likeness (QED) is 0.606. The van der Waals surface area contributed by atoms with Crippen molar-refractivity contribution in [1.82, 2.24) is 4.98 Å². The molecule has 0 amide bonds. The average molecular weight is 179 g/mol. The lowest BCUT2D eigenvalue weighted by molar-refractivity contribution is 0.616. The third-order valence-electron chi connectivity index (χ3n) is 2.01. The SMILES string of the molecule is Cc1nccc2c(F)ccc(F)c12. The zero-order valence-electron chi connectivity index (χ0n) is 7.01. The van der Waals surface area contributed by atoms with Crippen LogP contribution in [0.3, 0.4) is 0 Å². The highest BCUT2D eigenvalue weighted by Gasteiger charge is 2.07. The molecule has 13 heavy (non-hydrogen) atoms. The molecule has 0 saturated heterocycles. The Hall–Kier alpha value is -1.51. The summed E-state index contributed by atoms with van der Waals surface area (Å²) >= 11 is 0. The fraction of sp³-hybridized carbons (Fsp3) is 0.100. The summed E-state index contributed by atoms with van der Waals surface area (Å²) in [7, 11) is 0. The molecular formula is C10H7F2N. The molecule has 66 valence electrons. The Bertz CT molecular complexity index is 457. The molecule has 2 rings (SSSR count). The standard InChI is InChI=1S/C10H7F2N/c1-6-10-7(4-5-13-6)8(11)2-3-9(10)12/h2-5H,1H3. The second kappa shape index (κ2) is 2.76. The second-order valence-electron chi connectivity index (χ2n) is 2.85. The molecule has 0 bridgehead atoms. The Labute approximate surface area is 74.0 Å². The van der Waals surface area contributed by atoms with Crippen LogP contribution >= 0.6 is 0 Å². The Morgan fingerprint density at radius 1 is 1.08 bits per heavy atom. The fourth-order valence-corrected chi connectivity index (χ4v) is 1.39. The van der Waals surface area contributed by atoms with Gasteiger partial charge in [-0.05, 0) is 25.1 Å². The molecule has 2 aromatic rings. The molecule has 1 aromatic carbocycles. The molecule has 1 nitrogen and oxygen atoms in total. The van der Waals surface area contributed by atoms with Gasteiger partial charge >= 0.3 is 0 Å². The monoisotopic (exact) mass is 179 g/mol. The van der Waals surface area contributed by atoms with Crippen molar-refractivity contribution in [1.29, 1.82) is 0 Å². The van der Waals surface area contributed by atoms with E-state index in [2.05, 4.69) is 4.98 Å². The summed E-state index contributed by atoms with van der Waals surface area (Å²) in [6, 6.07) is 3.71. The normalized spacial score (nSPS) is 10.7. The molecule has 0 radical (unpaired) electrons. The zero-order valence-corrected chi connectivity index (χ0v) is 7.01. The zero-order chi connectivity index (χ0) is 9.42. The highest BCUT2D eigenvalue weighted by atomic mass is 19.1. The number of fused-ring (bicyclic) bond motifs is 1. The summed E-state index contributed by atoms with van der Waals surface area (Å²) in [4.78, 5) is 3.90. The Balaban J connectivity index is 3.00. The van der Waals surface area contributed by atoms with E-state index in [1.807, 2.05) is 0 Å². The Morgan fingerprint density at radius 3 is 2.46 bits per heavy atom. The average Bonchev–Trinajstić information content (AvgIpc) is 2.12. The van der Waals surface area contributed by atoms with Gasteiger partial charge in [0.25, 0.3) is 0 Å². The van der Waals surface area contributed by atoms with E-state index in [1.165, 1.54) is 12.3 Å². The Kier molecular flexibility index (Phi) is 1.72. The van der Waals surface area contributed by atoms with Crippen LogP contribution in [0.1, 0.15) is 5.69 Å². The topological polar surface area (TPSA) is 12.9 Å². The molecule has 0 aliphatic rings. The molecule has 0 saturated carbocycles. The number of hydrogen-bond donors (Lipinski definition) is 0. The van der Waals surface area contributed by atoms with Crippen molar-refractivity contribution in [3.05, 3.63) is 41.7 Å². The number of benzene rings is 1. The molecule has 0 aliphatic carbocycles. The summed E-state index contributed by atoms with van der Waals surface area (Å²) in [6.07, 6.45) is 1.47. The molecule has 0 fully saturated rings. The summed E-state index contributed by atoms with van der Waals surface area (Å²) < 4.78 is 26.4. The van der Waals surface area contributed by atoms with E-state index >= 15 is 0 Å². The second-order valence-corrected chi connectivity index (χ2v) is 2.85. The maximum Gasteiger partial charge on any atom is 0.133 e. The van der Waals surface area contributed by atoms with Crippen molar-refractivity contribution in [2.75, 3.05) is 0 Å². The number of hydrogen-bond acceptors (Lipinski definition) is 1. The maximum atomic E-state index is 13.2. The first-order valence-corrected chi connectivity index (χ1v) is 3.89. The van der Waals surface area contributed by atoms with Crippen LogP contribution in [0.2, 0.25) is 0 Å². The lowest BCUT2D eigenvalue weighted by Gasteiger charge is -2.02. The van der Waals surface area contributed by atoms with Crippen LogP contribution in [-0.2, 0) is 0 Å². The van der Waals surface area contributed by atoms with Crippen molar-refractivity contribution in [2.24, 2.45) is 0 Å². The van der Waals surface area contributed by atoms with Crippen LogP contribution < -0.4 is 0 Å². The largest absolute Gasteiger partial charge is 0.261 e. The number of aromatic nitrogens is 1. The van der Waals surface area contributed by atoms with Crippen LogP contribution in [0.4, 0.5) is 8.78 Å². The van der Waals surface area contributed by atoms with E-state index in [9.17, 15) is 8.78 Å². The van der Waals surface area contributed by atoms with Gasteiger partial charge in [-0.15, -0.1) is 0 Å². The summed E-state index contributed by atoms with van der Waals surface area (Å²) in [5.41, 5.74) is 0.509. The predicted molar refractivity (Wildman–Crippen MR) is 46.4 cm³/mol. The molecular weight excluding hydrogens is 172 g/mol. The molecule has 0 N–H and O–H groups in total. The van der Waals surface area contributed by atoms with Crippen molar-refractivity contribution >= 4 is 10.8 Å². The number of halogens is 2. The van der Waals surface area contributed by atoms with E-state index in [0.29, 0.717) is 5.69 Å². The first-order valence-electron chi connectivity index (χ1n) is 3.89. The fourth-order valence-electron chi connectivity index (χ4n) is 1.39. The van der Waals surface area contributed by atoms with E-state index in [1.54, 1.807) is 6.92 Å². The number of aryl methyl sites for hydroxylation is 1. The first kappa shape index (κ1) is 8.10. The molecule has 3 heteroatoms. The number of nitrogens with zero attached hydrogens (tertiary/aromatic N) is 1. The molecule has 0 unspecified atom stereocenters. The van der Waals surface area contributed by atoms with E-state index in [-0.39, 0.29) is 10.8 Å². The summed E-state index contributed by atoms with van der Waals surface area (Å²) in [5, 5.41) is 0.551. The lowest BCUT2D eigenvalue weighted by atomic mass is 10.1. The van der Waals surface area contributed by atoms with E-state index in [4.69, 9.17) is 0 Å². The van der Waals surface area contributed by atoms with Gasteiger partial charge in [-0.2, -0.15) is 0 Å². The minimum absolute atomic E-state index is 0.266. The highest BCUT2D eigenvalue weighted by molar-refractivity contribution is 5.85. The van der Waals surface area contributed by atoms with Crippen molar-refractivity contribution in [3.63, 3.8) is 0 Å². The van der Waals surface area contributed by atoms with Gasteiger partial charge in [-0.1, -0.05) is 0 Å². The molecule has 0 aliphatic heterocycles. The van der Waals surface area contributed by atoms with Gasteiger partial charge in [-0.3, -0.25) is 4.98 Å². The van der Waals surface area contributed by atoms with Crippen LogP contribution in [0.5, 0.6) is 0 Å². The smallest absolute Gasteiger partial charge is 0.133 e. The molecule has 1 aromatic heterocycles. The van der Waals surface area contributed by atoms with Gasteiger partial charge in [0, 0.05) is 22.7 Å². The summed E-state index contributed by atoms with van der Waals surface area (Å²) in [5.74, 6) is -0.844. The first-order chi connectivity index (χ1) is 6.20. The third-order valence-corrected chi connectivity index (χ3v) is 2.01. The van der Waals surface area contributed by atoms with Gasteiger partial charge in [0.1, 0.15) is 11.6 Å². The minimum Gasteiger partial charge on any atom is -0.261 e. The lowest BCUT2D eigenvalue weighted by Crippen LogP contribution is -1.89. The number of rotatable bonds is 0. The van der Waals surface area contributed by atoms with Gasteiger partial charge < -0.3 is 0 Å². The minimum atomic E-state index is -0.429. The van der Waals surface area contributed by atoms with Crippen LogP contribution in [-0.4, -0.2) is 4.98 Å². The molecule has 1 heterocycles. The van der Waals surface area contributed by atoms with E-state index in [0.717, 1.165) is 12.1 Å². The highest BCUT2D eigenvalue weighted by Crippen LogP contribution is 2.22. The molecule has 0 spiro atoms. The van der Waals surface area contributed by atoms with Gasteiger partial charge in [-0.25, -0.2) is 8.78 Å². The van der Waals surface area contributed by atoms with Gasteiger partial charge in [0.15, 0.2) is 0 Å². The maximum absolute atomic E-state index is 13.2. The summed E-state index contributed by atoms with van der Waals surface area (Å²) in [6.45, 7) is 1.66. The van der Waals surface area contributed by atoms with Gasteiger partial charge in [0.2, 0.25) is 0 Å².